The maximum Gasteiger partial charge on any atom is 0.408 e. The van der Waals surface area contributed by atoms with Crippen molar-refractivity contribution in [2.75, 3.05) is 12.3 Å². The zero-order valence-corrected chi connectivity index (χ0v) is 15.7. The number of hydrogen-bond acceptors (Lipinski definition) is 5. The van der Waals surface area contributed by atoms with Crippen LogP contribution in [0.25, 0.3) is 0 Å². The van der Waals surface area contributed by atoms with E-state index >= 15 is 0 Å². The highest BCUT2D eigenvalue weighted by Crippen LogP contribution is 2.20. The van der Waals surface area contributed by atoms with Crippen LogP contribution < -0.4 is 5.32 Å². The SMILES string of the molecule is CC(C)(C)OC(=O)N[C@@H](Cc1ccccc1)C(=O)N1CCSC1=S. The van der Waals surface area contributed by atoms with Gasteiger partial charge in [0, 0.05) is 18.7 Å². The number of ether oxygens (including phenoxy) is 1. The lowest BCUT2D eigenvalue weighted by Gasteiger charge is -2.26. The largest absolute Gasteiger partial charge is 0.444 e. The Morgan fingerprint density at radius 2 is 2.00 bits per heavy atom. The van der Waals surface area contributed by atoms with Gasteiger partial charge in [-0.05, 0) is 26.3 Å². The minimum atomic E-state index is -0.709. The third-order valence-corrected chi connectivity index (χ3v) is 4.73. The molecule has 0 aliphatic carbocycles. The first kappa shape index (κ1) is 18.7. The van der Waals surface area contributed by atoms with E-state index in [1.54, 1.807) is 25.7 Å². The molecule has 1 saturated heterocycles. The van der Waals surface area contributed by atoms with Crippen LogP contribution >= 0.6 is 24.0 Å². The van der Waals surface area contributed by atoms with Crippen molar-refractivity contribution in [3.8, 4) is 0 Å². The average Bonchev–Trinajstić information content (AvgIpc) is 2.91. The summed E-state index contributed by atoms with van der Waals surface area (Å²) in [4.78, 5) is 26.5. The summed E-state index contributed by atoms with van der Waals surface area (Å²) in [5, 5.41) is 2.70. The highest BCUT2D eigenvalue weighted by atomic mass is 32.2. The maximum atomic E-state index is 12.8. The van der Waals surface area contributed by atoms with Gasteiger partial charge >= 0.3 is 6.09 Å². The Kier molecular flexibility index (Phi) is 6.23. The van der Waals surface area contributed by atoms with Crippen molar-refractivity contribution in [2.45, 2.75) is 38.8 Å². The van der Waals surface area contributed by atoms with E-state index in [1.165, 1.54) is 11.8 Å². The van der Waals surface area contributed by atoms with Gasteiger partial charge in [-0.25, -0.2) is 4.79 Å². The van der Waals surface area contributed by atoms with Gasteiger partial charge in [-0.1, -0.05) is 54.3 Å². The van der Waals surface area contributed by atoms with E-state index in [1.807, 2.05) is 30.3 Å². The molecular weight excluding hydrogens is 344 g/mol. The average molecular weight is 367 g/mol. The number of hydrogen-bond donors (Lipinski definition) is 1. The molecule has 0 spiro atoms. The molecule has 7 heteroatoms. The molecular formula is C17H22N2O3S2. The second kappa shape index (κ2) is 7.98. The molecule has 1 N–H and O–H groups in total. The summed E-state index contributed by atoms with van der Waals surface area (Å²) >= 11 is 6.70. The normalized spacial score (nSPS) is 16.0. The molecule has 0 aromatic heterocycles. The Labute approximate surface area is 152 Å². The van der Waals surface area contributed by atoms with Gasteiger partial charge in [-0.2, -0.15) is 0 Å². The lowest BCUT2D eigenvalue weighted by atomic mass is 10.1. The predicted octanol–water partition coefficient (Wildman–Crippen LogP) is 2.98. The van der Waals surface area contributed by atoms with Gasteiger partial charge in [0.05, 0.1) is 0 Å². The molecule has 2 rings (SSSR count). The quantitative estimate of drug-likeness (QED) is 0.830. The van der Waals surface area contributed by atoms with Gasteiger partial charge < -0.3 is 10.1 Å². The fraction of sp³-hybridized carbons (Fsp3) is 0.471. The molecule has 1 fully saturated rings. The van der Waals surface area contributed by atoms with Crippen molar-refractivity contribution in [2.24, 2.45) is 0 Å². The van der Waals surface area contributed by atoms with Gasteiger partial charge in [0.15, 0.2) is 0 Å². The highest BCUT2D eigenvalue weighted by Gasteiger charge is 2.32. The van der Waals surface area contributed by atoms with Gasteiger partial charge in [-0.3, -0.25) is 9.69 Å². The number of amides is 2. The first-order valence-electron chi connectivity index (χ1n) is 7.78. The summed E-state index contributed by atoms with van der Waals surface area (Å²) in [6, 6.07) is 8.86. The molecule has 0 radical (unpaired) electrons. The molecule has 1 atom stereocenters. The number of nitrogens with zero attached hydrogens (tertiary/aromatic N) is 1. The van der Waals surface area contributed by atoms with Crippen LogP contribution in [0.1, 0.15) is 26.3 Å². The fourth-order valence-electron chi connectivity index (χ4n) is 2.28. The lowest BCUT2D eigenvalue weighted by Crippen LogP contribution is -2.50. The van der Waals surface area contributed by atoms with Crippen molar-refractivity contribution in [1.82, 2.24) is 10.2 Å². The van der Waals surface area contributed by atoms with E-state index in [4.69, 9.17) is 17.0 Å². The molecule has 1 aromatic rings. The van der Waals surface area contributed by atoms with Crippen LogP contribution in [0.15, 0.2) is 30.3 Å². The monoisotopic (exact) mass is 366 g/mol. The van der Waals surface area contributed by atoms with E-state index in [0.29, 0.717) is 17.3 Å². The molecule has 1 aliphatic heterocycles. The zero-order valence-electron chi connectivity index (χ0n) is 14.1. The standard InChI is InChI=1S/C17H22N2O3S2/c1-17(2,3)22-15(21)18-13(11-12-7-5-4-6-8-12)14(20)19-9-10-24-16(19)23/h4-8,13H,9-11H2,1-3H3,(H,18,21)/t13-/m0/s1. The Hall–Kier alpha value is -1.60. The molecule has 1 aromatic carbocycles. The Bertz CT molecular complexity index is 614. The van der Waals surface area contributed by atoms with Crippen molar-refractivity contribution in [3.63, 3.8) is 0 Å². The van der Waals surface area contributed by atoms with Gasteiger partial charge in [0.1, 0.15) is 16.0 Å². The molecule has 5 nitrogen and oxygen atoms in total. The lowest BCUT2D eigenvalue weighted by molar-refractivity contribution is -0.129. The zero-order chi connectivity index (χ0) is 17.7. The number of carbonyl (C=O) groups excluding carboxylic acids is 2. The van der Waals surface area contributed by atoms with Crippen LogP contribution in [-0.4, -0.2) is 45.2 Å². The summed E-state index contributed by atoms with van der Waals surface area (Å²) in [7, 11) is 0. The second-order valence-electron chi connectivity index (χ2n) is 6.49. The maximum absolute atomic E-state index is 12.8. The van der Waals surface area contributed by atoms with Crippen LogP contribution in [-0.2, 0) is 16.0 Å². The van der Waals surface area contributed by atoms with Crippen LogP contribution in [0.3, 0.4) is 0 Å². The topological polar surface area (TPSA) is 58.6 Å². The number of benzene rings is 1. The summed E-state index contributed by atoms with van der Waals surface area (Å²) < 4.78 is 5.85. The molecule has 0 saturated carbocycles. The first-order valence-corrected chi connectivity index (χ1v) is 9.17. The summed E-state index contributed by atoms with van der Waals surface area (Å²) in [5.74, 6) is 0.592. The van der Waals surface area contributed by atoms with Crippen LogP contribution in [0.5, 0.6) is 0 Å². The predicted molar refractivity (Wildman–Crippen MR) is 100 cm³/mol. The first-order chi connectivity index (χ1) is 11.3. The van der Waals surface area contributed by atoms with Crippen LogP contribution in [0.4, 0.5) is 4.79 Å². The van der Waals surface area contributed by atoms with Crippen molar-refractivity contribution in [1.29, 1.82) is 0 Å². The number of thioether (sulfide) groups is 1. The number of nitrogens with one attached hydrogen (secondary N) is 1. The van der Waals surface area contributed by atoms with Crippen molar-refractivity contribution in [3.05, 3.63) is 35.9 Å². The molecule has 0 bridgehead atoms. The van der Waals surface area contributed by atoms with E-state index in [-0.39, 0.29) is 5.91 Å². The Morgan fingerprint density at radius 1 is 1.33 bits per heavy atom. The number of carbonyl (C=O) groups is 2. The summed E-state index contributed by atoms with van der Waals surface area (Å²) in [5.41, 5.74) is 0.341. The van der Waals surface area contributed by atoms with Crippen molar-refractivity contribution >= 4 is 40.3 Å². The van der Waals surface area contributed by atoms with Gasteiger partial charge in [0.25, 0.3) is 5.91 Å². The molecule has 0 unspecified atom stereocenters. The molecule has 1 heterocycles. The summed E-state index contributed by atoms with van der Waals surface area (Å²) in [6.07, 6.45) is -0.211. The number of rotatable bonds is 4. The third kappa shape index (κ3) is 5.49. The second-order valence-corrected chi connectivity index (χ2v) is 8.22. The smallest absolute Gasteiger partial charge is 0.408 e. The molecule has 24 heavy (non-hydrogen) atoms. The van der Waals surface area contributed by atoms with E-state index < -0.39 is 17.7 Å². The van der Waals surface area contributed by atoms with Gasteiger partial charge in [-0.15, -0.1) is 0 Å². The fourth-order valence-corrected chi connectivity index (χ4v) is 3.50. The number of thiocarbonyl (C=S) groups is 1. The van der Waals surface area contributed by atoms with E-state index in [9.17, 15) is 9.59 Å². The van der Waals surface area contributed by atoms with Crippen LogP contribution in [0, 0.1) is 0 Å². The number of alkyl carbamates (subject to hydrolysis) is 1. The summed E-state index contributed by atoms with van der Waals surface area (Å²) in [6.45, 7) is 5.93. The Morgan fingerprint density at radius 3 is 2.54 bits per heavy atom. The van der Waals surface area contributed by atoms with Gasteiger partial charge in [0.2, 0.25) is 0 Å². The third-order valence-electron chi connectivity index (χ3n) is 3.30. The van der Waals surface area contributed by atoms with E-state index in [2.05, 4.69) is 5.32 Å². The highest BCUT2D eigenvalue weighted by molar-refractivity contribution is 8.23. The van der Waals surface area contributed by atoms with E-state index in [0.717, 1.165) is 11.3 Å². The molecule has 2 amide bonds. The minimum absolute atomic E-state index is 0.195. The minimum Gasteiger partial charge on any atom is -0.444 e. The van der Waals surface area contributed by atoms with Crippen LogP contribution in [0.2, 0.25) is 0 Å². The molecule has 130 valence electrons. The molecule has 1 aliphatic rings. The van der Waals surface area contributed by atoms with Crippen molar-refractivity contribution < 1.29 is 14.3 Å². The Balaban J connectivity index is 2.13.